The first-order chi connectivity index (χ1) is 12.3. The number of nitrogens with zero attached hydrogens (tertiary/aromatic N) is 3. The van der Waals surface area contributed by atoms with Crippen LogP contribution in [-0.4, -0.2) is 17.1 Å². The number of hydrogen-bond acceptors (Lipinski definition) is 5. The molecule has 0 bridgehead atoms. The van der Waals surface area contributed by atoms with Gasteiger partial charge in [-0.05, 0) is 53.1 Å². The van der Waals surface area contributed by atoms with Gasteiger partial charge in [0.2, 0.25) is 12.2 Å². The summed E-state index contributed by atoms with van der Waals surface area (Å²) in [4.78, 5) is 32.1. The summed E-state index contributed by atoms with van der Waals surface area (Å²) < 4.78 is 0. The zero-order valence-corrected chi connectivity index (χ0v) is 13.2. The van der Waals surface area contributed by atoms with Gasteiger partial charge in [-0.3, -0.25) is 4.98 Å². The fourth-order valence-electron chi connectivity index (χ4n) is 2.72. The van der Waals surface area contributed by atoms with Gasteiger partial charge >= 0.3 is 0 Å². The number of rotatable bonds is 5. The number of carbonyl (C=O) groups excluding carboxylic acids is 2. The first-order valence-electron chi connectivity index (χ1n) is 7.57. The normalized spacial score (nSPS) is 11.0. The van der Waals surface area contributed by atoms with E-state index in [1.54, 1.807) is 36.7 Å². The van der Waals surface area contributed by atoms with Crippen molar-refractivity contribution in [3.63, 3.8) is 0 Å². The number of aliphatic imine (C=N–C) groups is 2. The van der Waals surface area contributed by atoms with Gasteiger partial charge in [-0.15, -0.1) is 0 Å². The van der Waals surface area contributed by atoms with Gasteiger partial charge in [0.15, 0.2) is 0 Å². The van der Waals surface area contributed by atoms with Crippen molar-refractivity contribution in [2.45, 2.75) is 5.92 Å². The molecule has 1 aromatic heterocycles. The summed E-state index contributed by atoms with van der Waals surface area (Å²) in [5, 5.41) is 0. The molecule has 0 aliphatic rings. The van der Waals surface area contributed by atoms with Crippen molar-refractivity contribution in [2.24, 2.45) is 9.98 Å². The standard InChI is InChI=1S/C20H13N3O2/c24-13-22-18-5-1-15(2-6-18)20(17-9-11-21-12-10-17)16-3-7-19(8-4-16)23-14-25/h1-12,20H. The lowest BCUT2D eigenvalue weighted by Crippen LogP contribution is -2.03. The van der Waals surface area contributed by atoms with Crippen molar-refractivity contribution < 1.29 is 9.59 Å². The molecule has 0 atom stereocenters. The molecule has 0 amide bonds. The van der Waals surface area contributed by atoms with Crippen LogP contribution in [0.1, 0.15) is 22.6 Å². The Morgan fingerprint density at radius 2 is 1.04 bits per heavy atom. The van der Waals surface area contributed by atoms with Gasteiger partial charge < -0.3 is 0 Å². The highest BCUT2D eigenvalue weighted by molar-refractivity contribution is 5.54. The maximum absolute atomic E-state index is 10.4. The molecule has 1 heterocycles. The molecule has 3 aromatic rings. The van der Waals surface area contributed by atoms with Crippen molar-refractivity contribution in [1.82, 2.24) is 4.98 Å². The second-order valence-electron chi connectivity index (χ2n) is 5.30. The molecule has 0 unspecified atom stereocenters. The molecule has 0 fully saturated rings. The van der Waals surface area contributed by atoms with E-state index in [1.807, 2.05) is 36.4 Å². The van der Waals surface area contributed by atoms with Gasteiger partial charge in [-0.2, -0.15) is 9.98 Å². The van der Waals surface area contributed by atoms with E-state index in [0.29, 0.717) is 11.4 Å². The van der Waals surface area contributed by atoms with Gasteiger partial charge in [0.25, 0.3) is 0 Å². The zero-order valence-electron chi connectivity index (χ0n) is 13.2. The number of benzene rings is 2. The van der Waals surface area contributed by atoms with E-state index in [-0.39, 0.29) is 5.92 Å². The van der Waals surface area contributed by atoms with Crippen LogP contribution in [-0.2, 0) is 9.59 Å². The van der Waals surface area contributed by atoms with E-state index < -0.39 is 0 Å². The highest BCUT2D eigenvalue weighted by Crippen LogP contribution is 2.33. The third-order valence-electron chi connectivity index (χ3n) is 3.84. The van der Waals surface area contributed by atoms with Gasteiger partial charge in [0.1, 0.15) is 0 Å². The van der Waals surface area contributed by atoms with Crippen LogP contribution in [0.15, 0.2) is 83.0 Å². The number of aromatic nitrogens is 1. The first kappa shape index (κ1) is 16.2. The summed E-state index contributed by atoms with van der Waals surface area (Å²) in [5.74, 6) is -0.0217. The Morgan fingerprint density at radius 3 is 1.44 bits per heavy atom. The Balaban J connectivity index is 2.06. The molecular formula is C20H13N3O2. The molecule has 0 aliphatic carbocycles. The molecule has 3 rings (SSSR count). The molecule has 0 aliphatic heterocycles. The smallest absolute Gasteiger partial charge is 0.240 e. The van der Waals surface area contributed by atoms with E-state index >= 15 is 0 Å². The molecule has 0 N–H and O–H groups in total. The lowest BCUT2D eigenvalue weighted by Gasteiger charge is -2.19. The maximum atomic E-state index is 10.4. The molecule has 5 nitrogen and oxygen atoms in total. The molecule has 0 saturated carbocycles. The van der Waals surface area contributed by atoms with E-state index in [2.05, 4.69) is 15.0 Å². The van der Waals surface area contributed by atoms with Crippen LogP contribution in [0.5, 0.6) is 0 Å². The van der Waals surface area contributed by atoms with Crippen LogP contribution in [0.25, 0.3) is 0 Å². The van der Waals surface area contributed by atoms with E-state index in [1.165, 1.54) is 12.2 Å². The van der Waals surface area contributed by atoms with Crippen molar-refractivity contribution in [2.75, 3.05) is 0 Å². The third-order valence-corrected chi connectivity index (χ3v) is 3.84. The fraction of sp³-hybridized carbons (Fsp3) is 0.0500. The lowest BCUT2D eigenvalue weighted by atomic mass is 9.85. The maximum Gasteiger partial charge on any atom is 0.240 e. The lowest BCUT2D eigenvalue weighted by molar-refractivity contribution is 0.564. The molecule has 5 heteroatoms. The van der Waals surface area contributed by atoms with Crippen molar-refractivity contribution >= 4 is 23.5 Å². The van der Waals surface area contributed by atoms with Crippen LogP contribution in [0.4, 0.5) is 11.4 Å². The minimum Gasteiger partial charge on any atom is -0.265 e. The van der Waals surface area contributed by atoms with Gasteiger partial charge in [0, 0.05) is 18.3 Å². The number of pyridine rings is 1. The van der Waals surface area contributed by atoms with Crippen molar-refractivity contribution in [3.8, 4) is 0 Å². The predicted molar refractivity (Wildman–Crippen MR) is 93.6 cm³/mol. The average Bonchev–Trinajstić information content (AvgIpc) is 2.66. The van der Waals surface area contributed by atoms with Crippen LogP contribution in [0, 0.1) is 0 Å². The topological polar surface area (TPSA) is 71.8 Å². The number of hydrogen-bond donors (Lipinski definition) is 0. The highest BCUT2D eigenvalue weighted by atomic mass is 16.1. The van der Waals surface area contributed by atoms with Crippen molar-refractivity contribution in [1.29, 1.82) is 0 Å². The molecule has 120 valence electrons. The van der Waals surface area contributed by atoms with Crippen LogP contribution < -0.4 is 0 Å². The molecular weight excluding hydrogens is 314 g/mol. The monoisotopic (exact) mass is 327 g/mol. The van der Waals surface area contributed by atoms with E-state index in [9.17, 15) is 9.59 Å². The zero-order chi connectivity index (χ0) is 17.5. The Morgan fingerprint density at radius 1 is 0.640 bits per heavy atom. The minimum atomic E-state index is -0.0217. The highest BCUT2D eigenvalue weighted by Gasteiger charge is 2.16. The predicted octanol–water partition coefficient (Wildman–Crippen LogP) is 4.20. The van der Waals surface area contributed by atoms with Gasteiger partial charge in [-0.1, -0.05) is 24.3 Å². The fourth-order valence-corrected chi connectivity index (χ4v) is 2.72. The largest absolute Gasteiger partial charge is 0.265 e. The summed E-state index contributed by atoms with van der Waals surface area (Å²) in [6.45, 7) is 0. The van der Waals surface area contributed by atoms with Gasteiger partial charge in [-0.25, -0.2) is 9.59 Å². The number of isocyanates is 2. The molecule has 0 spiro atoms. The average molecular weight is 327 g/mol. The molecule has 0 radical (unpaired) electrons. The summed E-state index contributed by atoms with van der Waals surface area (Å²) in [6, 6.07) is 18.7. The summed E-state index contributed by atoms with van der Waals surface area (Å²) in [6.07, 6.45) is 6.58. The van der Waals surface area contributed by atoms with Crippen LogP contribution >= 0.6 is 0 Å². The first-order valence-corrected chi connectivity index (χ1v) is 7.57. The summed E-state index contributed by atoms with van der Waals surface area (Å²) in [5.41, 5.74) is 4.28. The van der Waals surface area contributed by atoms with Gasteiger partial charge in [0.05, 0.1) is 11.4 Å². The van der Waals surface area contributed by atoms with Crippen LogP contribution in [0.3, 0.4) is 0 Å². The van der Waals surface area contributed by atoms with Crippen molar-refractivity contribution in [3.05, 3.63) is 89.7 Å². The SMILES string of the molecule is O=C=Nc1ccc(C(c2ccncc2)c2ccc(N=C=O)cc2)cc1. The summed E-state index contributed by atoms with van der Waals surface area (Å²) in [7, 11) is 0. The Bertz CT molecular complexity index is 877. The summed E-state index contributed by atoms with van der Waals surface area (Å²) >= 11 is 0. The quantitative estimate of drug-likeness (QED) is 0.521. The van der Waals surface area contributed by atoms with E-state index in [4.69, 9.17) is 0 Å². The Labute approximate surface area is 144 Å². The second-order valence-corrected chi connectivity index (χ2v) is 5.30. The molecule has 2 aromatic carbocycles. The minimum absolute atomic E-state index is 0.0217. The molecule has 25 heavy (non-hydrogen) atoms. The van der Waals surface area contributed by atoms with E-state index in [0.717, 1.165) is 16.7 Å². The van der Waals surface area contributed by atoms with Crippen LogP contribution in [0.2, 0.25) is 0 Å². The second kappa shape index (κ2) is 7.75. The molecule has 0 saturated heterocycles. The Kier molecular flexibility index (Phi) is 5.03. The third kappa shape index (κ3) is 3.82. The Hall–Kier alpha value is -3.65.